The largest absolute Gasteiger partial charge is 0.463 e. The van der Waals surface area contributed by atoms with E-state index in [0.29, 0.717) is 25.7 Å². The Hall–Kier alpha value is -2.74. The van der Waals surface area contributed by atoms with E-state index in [0.717, 1.165) is 38.0 Å². The SMILES string of the molecule is CC/C=C\C[C@@H](O)/C=C/C=C\C/C=C\C=C\[C@@H](O)/C=C\CCCC(=O)OC[C@H](O)COC(=O)CCCCCCCCCCCCCCCCCC(C)C. The summed E-state index contributed by atoms with van der Waals surface area (Å²) in [6.45, 7) is 6.30. The molecular formula is C46H78O7. The fourth-order valence-electron chi connectivity index (χ4n) is 5.60. The maximum atomic E-state index is 12.0. The highest BCUT2D eigenvalue weighted by molar-refractivity contribution is 5.69. The molecule has 3 N–H and O–H groups in total. The molecule has 0 aliphatic heterocycles. The summed E-state index contributed by atoms with van der Waals surface area (Å²) in [7, 11) is 0. The number of hydrogen-bond donors (Lipinski definition) is 3. The van der Waals surface area contributed by atoms with E-state index >= 15 is 0 Å². The number of esters is 2. The standard InChI is InChI=1S/C46H78O7/c1-4-5-25-33-42(47)34-27-21-17-15-18-22-28-35-43(48)36-29-24-31-38-46(51)53-40-44(49)39-52-45(50)37-30-23-19-14-12-10-8-6-7-9-11-13-16-20-26-32-41(2)3/h5,17-18,21-22,25,27-29,34-36,41-44,47-49H,4,6-16,19-20,23-24,26,30-33,37-40H2,1-3H3/b21-17-,22-18-,25-5-,34-27+,35-28+,36-29-/t42-,43-,44-/m1/s1. The number of hydrogen-bond acceptors (Lipinski definition) is 7. The van der Waals surface area contributed by atoms with Gasteiger partial charge in [0.05, 0.1) is 12.2 Å². The van der Waals surface area contributed by atoms with Crippen molar-refractivity contribution < 1.29 is 34.4 Å². The molecule has 53 heavy (non-hydrogen) atoms. The second-order valence-corrected chi connectivity index (χ2v) is 14.6. The molecule has 304 valence electrons. The van der Waals surface area contributed by atoms with Crippen LogP contribution in [0.25, 0.3) is 0 Å². The summed E-state index contributed by atoms with van der Waals surface area (Å²) in [5, 5.41) is 29.9. The second kappa shape index (κ2) is 39.0. The highest BCUT2D eigenvalue weighted by Crippen LogP contribution is 2.15. The van der Waals surface area contributed by atoms with Crippen LogP contribution in [0.3, 0.4) is 0 Å². The lowest BCUT2D eigenvalue weighted by molar-refractivity contribution is -0.152. The van der Waals surface area contributed by atoms with Crippen LogP contribution in [0, 0.1) is 5.92 Å². The van der Waals surface area contributed by atoms with Crippen LogP contribution in [-0.4, -0.2) is 58.8 Å². The molecule has 0 radical (unpaired) electrons. The van der Waals surface area contributed by atoms with E-state index in [1.54, 1.807) is 24.3 Å². The van der Waals surface area contributed by atoms with Gasteiger partial charge in [0, 0.05) is 12.8 Å². The van der Waals surface area contributed by atoms with Crippen molar-refractivity contribution in [2.75, 3.05) is 13.2 Å². The molecule has 0 heterocycles. The van der Waals surface area contributed by atoms with E-state index in [4.69, 9.17) is 9.47 Å². The molecule has 0 saturated heterocycles. The molecule has 0 fully saturated rings. The minimum absolute atomic E-state index is 0.176. The quantitative estimate of drug-likeness (QED) is 0.0253. The Balaban J connectivity index is 3.68. The molecule has 3 atom stereocenters. The van der Waals surface area contributed by atoms with Crippen molar-refractivity contribution in [2.24, 2.45) is 5.92 Å². The highest BCUT2D eigenvalue weighted by atomic mass is 16.6. The average Bonchev–Trinajstić information content (AvgIpc) is 3.13. The molecule has 7 nitrogen and oxygen atoms in total. The molecule has 0 aromatic carbocycles. The Morgan fingerprint density at radius 3 is 1.57 bits per heavy atom. The van der Waals surface area contributed by atoms with E-state index in [9.17, 15) is 24.9 Å². The molecule has 0 unspecified atom stereocenters. The maximum Gasteiger partial charge on any atom is 0.305 e. The molecule has 0 amide bonds. The first-order chi connectivity index (χ1) is 25.7. The first kappa shape index (κ1) is 50.3. The number of aliphatic hydroxyl groups excluding tert-OH is 3. The summed E-state index contributed by atoms with van der Waals surface area (Å²) in [4.78, 5) is 24.0. The van der Waals surface area contributed by atoms with Crippen LogP contribution in [0.1, 0.15) is 168 Å². The van der Waals surface area contributed by atoms with Gasteiger partial charge in [-0.3, -0.25) is 9.59 Å². The summed E-state index contributed by atoms with van der Waals surface area (Å²) in [5.74, 6) is 0.101. The average molecular weight is 743 g/mol. The van der Waals surface area contributed by atoms with Crippen LogP contribution >= 0.6 is 0 Å². The molecule has 0 aromatic heterocycles. The number of allylic oxidation sites excluding steroid dienone is 8. The predicted molar refractivity (Wildman–Crippen MR) is 221 cm³/mol. The van der Waals surface area contributed by atoms with E-state index in [1.165, 1.54) is 83.5 Å². The van der Waals surface area contributed by atoms with Gasteiger partial charge in [-0.25, -0.2) is 0 Å². The maximum absolute atomic E-state index is 12.0. The zero-order chi connectivity index (χ0) is 39.0. The van der Waals surface area contributed by atoms with Crippen molar-refractivity contribution >= 4 is 11.9 Å². The Morgan fingerprint density at radius 2 is 1.04 bits per heavy atom. The van der Waals surface area contributed by atoms with Gasteiger partial charge in [0.2, 0.25) is 0 Å². The normalized spacial score (nSPS) is 14.2. The van der Waals surface area contributed by atoms with Crippen LogP contribution in [0.4, 0.5) is 0 Å². The van der Waals surface area contributed by atoms with Gasteiger partial charge >= 0.3 is 11.9 Å². The van der Waals surface area contributed by atoms with Gasteiger partial charge in [0.1, 0.15) is 19.3 Å². The number of ether oxygens (including phenoxy) is 2. The molecular weight excluding hydrogens is 664 g/mol. The number of carbonyl (C=O) groups excluding carboxylic acids is 2. The Morgan fingerprint density at radius 1 is 0.547 bits per heavy atom. The molecule has 0 rings (SSSR count). The second-order valence-electron chi connectivity index (χ2n) is 14.6. The van der Waals surface area contributed by atoms with Crippen molar-refractivity contribution in [3.63, 3.8) is 0 Å². The number of aliphatic hydroxyl groups is 3. The molecule has 0 spiro atoms. The minimum atomic E-state index is -1.04. The number of carbonyl (C=O) groups is 2. The summed E-state index contributed by atoms with van der Waals surface area (Å²) in [6.07, 6.45) is 44.7. The Bertz CT molecular complexity index is 1020. The van der Waals surface area contributed by atoms with E-state index in [2.05, 4.69) is 20.8 Å². The topological polar surface area (TPSA) is 113 Å². The predicted octanol–water partition coefficient (Wildman–Crippen LogP) is 11.1. The van der Waals surface area contributed by atoms with Crippen LogP contribution in [-0.2, 0) is 19.1 Å². The van der Waals surface area contributed by atoms with Crippen molar-refractivity contribution in [2.45, 2.75) is 187 Å². The van der Waals surface area contributed by atoms with Gasteiger partial charge in [-0.1, -0.05) is 190 Å². The fourth-order valence-corrected chi connectivity index (χ4v) is 5.60. The third kappa shape index (κ3) is 40.3. The van der Waals surface area contributed by atoms with Gasteiger partial charge in [-0.05, 0) is 44.4 Å². The summed E-state index contributed by atoms with van der Waals surface area (Å²) >= 11 is 0. The van der Waals surface area contributed by atoms with Crippen LogP contribution in [0.2, 0.25) is 0 Å². The third-order valence-corrected chi connectivity index (χ3v) is 8.81. The van der Waals surface area contributed by atoms with Crippen molar-refractivity contribution in [1.82, 2.24) is 0 Å². The summed E-state index contributed by atoms with van der Waals surface area (Å²) < 4.78 is 10.3. The third-order valence-electron chi connectivity index (χ3n) is 8.81. The smallest absolute Gasteiger partial charge is 0.305 e. The number of rotatable bonds is 36. The van der Waals surface area contributed by atoms with E-state index < -0.39 is 24.3 Å². The van der Waals surface area contributed by atoms with Gasteiger partial charge in [0.25, 0.3) is 0 Å². The van der Waals surface area contributed by atoms with E-state index in [1.807, 2.05) is 48.6 Å². The summed E-state index contributed by atoms with van der Waals surface area (Å²) in [5.41, 5.74) is 0. The van der Waals surface area contributed by atoms with Crippen molar-refractivity contribution in [3.05, 3.63) is 72.9 Å². The minimum Gasteiger partial charge on any atom is -0.463 e. The number of unbranched alkanes of at least 4 members (excludes halogenated alkanes) is 15. The highest BCUT2D eigenvalue weighted by Gasteiger charge is 2.12. The zero-order valence-electron chi connectivity index (χ0n) is 33.9. The molecule has 0 saturated carbocycles. The van der Waals surface area contributed by atoms with Gasteiger partial charge in [0.15, 0.2) is 0 Å². The van der Waals surface area contributed by atoms with Gasteiger partial charge in [-0.2, -0.15) is 0 Å². The Labute approximate surface area is 324 Å². The molecule has 0 aliphatic carbocycles. The molecule has 0 aromatic rings. The van der Waals surface area contributed by atoms with Crippen LogP contribution < -0.4 is 0 Å². The van der Waals surface area contributed by atoms with Gasteiger partial charge in [-0.15, -0.1) is 0 Å². The lowest BCUT2D eigenvalue weighted by Crippen LogP contribution is -2.25. The Kier molecular flexibility index (Phi) is 37.0. The summed E-state index contributed by atoms with van der Waals surface area (Å²) in [6, 6.07) is 0. The first-order valence-electron chi connectivity index (χ1n) is 21.1. The lowest BCUT2D eigenvalue weighted by atomic mass is 10.0. The molecule has 0 bridgehead atoms. The fraction of sp³-hybridized carbons (Fsp3) is 0.696. The van der Waals surface area contributed by atoms with Crippen LogP contribution in [0.15, 0.2) is 72.9 Å². The van der Waals surface area contributed by atoms with Crippen LogP contribution in [0.5, 0.6) is 0 Å². The van der Waals surface area contributed by atoms with E-state index in [-0.39, 0.29) is 25.6 Å². The van der Waals surface area contributed by atoms with Crippen molar-refractivity contribution in [1.29, 1.82) is 0 Å². The van der Waals surface area contributed by atoms with Gasteiger partial charge < -0.3 is 24.8 Å². The molecule has 0 aliphatic rings. The monoisotopic (exact) mass is 743 g/mol. The molecule has 7 heteroatoms. The lowest BCUT2D eigenvalue weighted by Gasteiger charge is -2.12. The van der Waals surface area contributed by atoms with Crippen molar-refractivity contribution in [3.8, 4) is 0 Å². The zero-order valence-corrected chi connectivity index (χ0v) is 33.9. The first-order valence-corrected chi connectivity index (χ1v) is 21.1.